The molecule has 0 aromatic heterocycles. The van der Waals surface area contributed by atoms with E-state index in [0.29, 0.717) is 18.4 Å². The van der Waals surface area contributed by atoms with Crippen molar-refractivity contribution in [2.24, 2.45) is 0 Å². The minimum atomic E-state index is -0.284. The molecule has 0 aliphatic heterocycles. The van der Waals surface area contributed by atoms with E-state index in [1.165, 1.54) is 18.9 Å². The van der Waals surface area contributed by atoms with Gasteiger partial charge in [0.15, 0.2) is 11.6 Å². The molecule has 0 saturated heterocycles. The van der Waals surface area contributed by atoms with E-state index in [1.54, 1.807) is 6.07 Å². The molecule has 0 heterocycles. The Kier molecular flexibility index (Phi) is 4.77. The fourth-order valence-electron chi connectivity index (χ4n) is 2.16. The van der Waals surface area contributed by atoms with Gasteiger partial charge in [0.05, 0.1) is 0 Å². The number of nitrogens with one attached hydrogen (secondary N) is 1. The third kappa shape index (κ3) is 3.67. The molecule has 1 aromatic carbocycles. The van der Waals surface area contributed by atoms with Gasteiger partial charge in [0.2, 0.25) is 0 Å². The molecule has 0 spiro atoms. The van der Waals surface area contributed by atoms with E-state index in [-0.39, 0.29) is 11.9 Å². The molecule has 0 radical (unpaired) electrons. The number of halogens is 1. The van der Waals surface area contributed by atoms with E-state index in [0.717, 1.165) is 12.1 Å². The molecule has 1 aliphatic rings. The van der Waals surface area contributed by atoms with E-state index >= 15 is 0 Å². The summed E-state index contributed by atoms with van der Waals surface area (Å²) in [6.45, 7) is 3.36. The number of ether oxygens (including phenoxy) is 1. The first-order valence-corrected chi connectivity index (χ1v) is 6.92. The third-order valence-electron chi connectivity index (χ3n) is 3.76. The van der Waals surface area contributed by atoms with Gasteiger partial charge in [0, 0.05) is 24.2 Å². The molecule has 3 nitrogen and oxygen atoms in total. The Hall–Kier alpha value is -1.13. The summed E-state index contributed by atoms with van der Waals surface area (Å²) in [7, 11) is 3.96. The van der Waals surface area contributed by atoms with Crippen LogP contribution in [0.4, 0.5) is 4.39 Å². The van der Waals surface area contributed by atoms with Crippen molar-refractivity contribution < 1.29 is 9.13 Å². The second-order valence-electron chi connectivity index (χ2n) is 5.23. The van der Waals surface area contributed by atoms with Crippen LogP contribution in [0.1, 0.15) is 31.4 Å². The predicted octanol–water partition coefficient (Wildman–Crippen LogP) is 2.58. The van der Waals surface area contributed by atoms with Crippen LogP contribution in [0.25, 0.3) is 0 Å². The first kappa shape index (κ1) is 14.3. The summed E-state index contributed by atoms with van der Waals surface area (Å²) in [4.78, 5) is 2.28. The zero-order valence-corrected chi connectivity index (χ0v) is 11.9. The van der Waals surface area contributed by atoms with Gasteiger partial charge in [-0.25, -0.2) is 4.39 Å². The van der Waals surface area contributed by atoms with Crippen LogP contribution < -0.4 is 10.1 Å². The van der Waals surface area contributed by atoms with Crippen LogP contribution in [0, 0.1) is 5.82 Å². The first-order chi connectivity index (χ1) is 9.13. The van der Waals surface area contributed by atoms with Crippen LogP contribution in [0.5, 0.6) is 5.75 Å². The van der Waals surface area contributed by atoms with Crippen LogP contribution >= 0.6 is 0 Å². The van der Waals surface area contributed by atoms with Crippen LogP contribution in [-0.4, -0.2) is 38.2 Å². The fraction of sp³-hybridized carbons (Fsp3) is 0.600. The zero-order chi connectivity index (χ0) is 13.8. The van der Waals surface area contributed by atoms with E-state index < -0.39 is 0 Å². The number of likely N-dealkylation sites (N-methyl/N-ethyl adjacent to an activating group) is 1. The number of para-hydroxylation sites is 1. The van der Waals surface area contributed by atoms with Crippen molar-refractivity contribution in [1.29, 1.82) is 0 Å². The standard InChI is InChI=1S/C15H23FN2O/c1-11(17-2)13-5-4-6-14(16)15(13)19-10-9-18(3)12-7-8-12/h4-6,11-12,17H,7-10H2,1-3H3. The predicted molar refractivity (Wildman–Crippen MR) is 75.0 cm³/mol. The molecule has 1 N–H and O–H groups in total. The number of rotatable bonds is 7. The van der Waals surface area contributed by atoms with Crippen LogP contribution in [0.3, 0.4) is 0 Å². The lowest BCUT2D eigenvalue weighted by atomic mass is 10.1. The van der Waals surface area contributed by atoms with Gasteiger partial charge in [0.1, 0.15) is 6.61 Å². The maximum Gasteiger partial charge on any atom is 0.165 e. The van der Waals surface area contributed by atoms with Gasteiger partial charge >= 0.3 is 0 Å². The van der Waals surface area contributed by atoms with Crippen LogP contribution in [0.15, 0.2) is 18.2 Å². The SMILES string of the molecule is CNC(C)c1cccc(F)c1OCCN(C)C1CC1. The van der Waals surface area contributed by atoms with Gasteiger partial charge in [-0.15, -0.1) is 0 Å². The highest BCUT2D eigenvalue weighted by molar-refractivity contribution is 5.37. The molecule has 4 heteroatoms. The highest BCUT2D eigenvalue weighted by Gasteiger charge is 2.25. The minimum absolute atomic E-state index is 0.0758. The maximum atomic E-state index is 13.9. The van der Waals surface area contributed by atoms with Crippen molar-refractivity contribution >= 4 is 0 Å². The number of hydrogen-bond donors (Lipinski definition) is 1. The molecule has 1 fully saturated rings. The molecule has 0 bridgehead atoms. The number of benzene rings is 1. The van der Waals surface area contributed by atoms with Crippen molar-refractivity contribution in [2.75, 3.05) is 27.2 Å². The molecule has 1 aromatic rings. The van der Waals surface area contributed by atoms with Crippen LogP contribution in [0.2, 0.25) is 0 Å². The lowest BCUT2D eigenvalue weighted by Crippen LogP contribution is -2.26. The second-order valence-corrected chi connectivity index (χ2v) is 5.23. The summed E-state index contributed by atoms with van der Waals surface area (Å²) in [6, 6.07) is 5.87. The summed E-state index contributed by atoms with van der Waals surface area (Å²) in [5, 5.41) is 3.12. The molecular weight excluding hydrogens is 243 g/mol. The van der Waals surface area contributed by atoms with Crippen molar-refractivity contribution in [1.82, 2.24) is 10.2 Å². The van der Waals surface area contributed by atoms with E-state index in [2.05, 4.69) is 17.3 Å². The van der Waals surface area contributed by atoms with Crippen molar-refractivity contribution in [3.63, 3.8) is 0 Å². The quantitative estimate of drug-likeness (QED) is 0.821. The molecule has 106 valence electrons. The summed E-state index contributed by atoms with van der Waals surface area (Å²) >= 11 is 0. The summed E-state index contributed by atoms with van der Waals surface area (Å²) in [5.41, 5.74) is 0.872. The molecule has 1 unspecified atom stereocenters. The molecule has 1 aliphatic carbocycles. The van der Waals surface area contributed by atoms with Gasteiger partial charge in [-0.3, -0.25) is 0 Å². The lowest BCUT2D eigenvalue weighted by Gasteiger charge is -2.19. The highest BCUT2D eigenvalue weighted by atomic mass is 19.1. The van der Waals surface area contributed by atoms with E-state index in [4.69, 9.17) is 4.74 Å². The second kappa shape index (κ2) is 6.35. The summed E-state index contributed by atoms with van der Waals surface area (Å²) in [5.74, 6) is 0.0993. The molecule has 1 atom stereocenters. The monoisotopic (exact) mass is 266 g/mol. The Bertz CT molecular complexity index is 421. The Balaban J connectivity index is 1.97. The Morgan fingerprint density at radius 1 is 1.47 bits per heavy atom. The van der Waals surface area contributed by atoms with E-state index in [1.807, 2.05) is 20.0 Å². The van der Waals surface area contributed by atoms with Crippen LogP contribution in [-0.2, 0) is 0 Å². The largest absolute Gasteiger partial charge is 0.489 e. The van der Waals surface area contributed by atoms with E-state index in [9.17, 15) is 4.39 Å². The van der Waals surface area contributed by atoms with Crippen molar-refractivity contribution in [2.45, 2.75) is 31.8 Å². The van der Waals surface area contributed by atoms with Gasteiger partial charge in [0.25, 0.3) is 0 Å². The Morgan fingerprint density at radius 2 is 2.21 bits per heavy atom. The third-order valence-corrected chi connectivity index (χ3v) is 3.76. The Morgan fingerprint density at radius 3 is 2.84 bits per heavy atom. The minimum Gasteiger partial charge on any atom is -0.489 e. The summed E-state index contributed by atoms with van der Waals surface area (Å²) < 4.78 is 19.6. The molecule has 1 saturated carbocycles. The average molecular weight is 266 g/mol. The smallest absolute Gasteiger partial charge is 0.165 e. The van der Waals surface area contributed by atoms with Gasteiger partial charge < -0.3 is 15.0 Å². The average Bonchev–Trinajstić information content (AvgIpc) is 3.23. The summed E-state index contributed by atoms with van der Waals surface area (Å²) in [6.07, 6.45) is 2.55. The normalized spacial score (nSPS) is 16.7. The molecular formula is C15H23FN2O. The van der Waals surface area contributed by atoms with Crippen molar-refractivity contribution in [3.05, 3.63) is 29.6 Å². The molecule has 0 amide bonds. The maximum absolute atomic E-state index is 13.9. The van der Waals surface area contributed by atoms with Crippen molar-refractivity contribution in [3.8, 4) is 5.75 Å². The fourth-order valence-corrected chi connectivity index (χ4v) is 2.16. The van der Waals surface area contributed by atoms with Gasteiger partial charge in [-0.2, -0.15) is 0 Å². The van der Waals surface area contributed by atoms with Gasteiger partial charge in [-0.05, 0) is 39.9 Å². The van der Waals surface area contributed by atoms with Gasteiger partial charge in [-0.1, -0.05) is 12.1 Å². The molecule has 19 heavy (non-hydrogen) atoms. The zero-order valence-electron chi connectivity index (χ0n) is 11.9. The highest BCUT2D eigenvalue weighted by Crippen LogP contribution is 2.28. The lowest BCUT2D eigenvalue weighted by molar-refractivity contribution is 0.223. The number of nitrogens with zero attached hydrogens (tertiary/aromatic N) is 1. The first-order valence-electron chi connectivity index (χ1n) is 6.92. The number of hydrogen-bond acceptors (Lipinski definition) is 3. The molecule has 2 rings (SSSR count). The topological polar surface area (TPSA) is 24.5 Å². The Labute approximate surface area is 114 Å².